The second-order valence-corrected chi connectivity index (χ2v) is 7.31. The molecule has 1 aromatic carbocycles. The third kappa shape index (κ3) is 4.32. The van der Waals surface area contributed by atoms with Crippen LogP contribution < -0.4 is 5.32 Å². The number of rotatable bonds is 5. The number of ketones is 1. The van der Waals surface area contributed by atoms with Gasteiger partial charge in [0.2, 0.25) is 0 Å². The molecule has 2 saturated carbocycles. The zero-order chi connectivity index (χ0) is 19.6. The van der Waals surface area contributed by atoms with Crippen LogP contribution in [0.15, 0.2) is 18.2 Å². The minimum atomic E-state index is -0.556. The molecule has 0 aliphatic heterocycles. The number of hydrogen-bond donors (Lipinski definition) is 1. The molecule has 144 valence electrons. The van der Waals surface area contributed by atoms with Crippen LogP contribution in [0.1, 0.15) is 37.7 Å². The smallest absolute Gasteiger partial charge is 0.309 e. The van der Waals surface area contributed by atoms with Gasteiger partial charge in [0.05, 0.1) is 16.5 Å². The Morgan fingerprint density at radius 1 is 1.26 bits per heavy atom. The Kier molecular flexibility index (Phi) is 5.53. The number of carbonyl (C=O) groups excluding carboxylic acids is 3. The van der Waals surface area contributed by atoms with E-state index in [2.05, 4.69) is 5.32 Å². The quantitative estimate of drug-likeness (QED) is 0.481. The van der Waals surface area contributed by atoms with Crippen molar-refractivity contribution in [1.82, 2.24) is 0 Å². The van der Waals surface area contributed by atoms with Crippen LogP contribution >= 0.6 is 0 Å². The first-order valence-electron chi connectivity index (χ1n) is 9.10. The third-order valence-electron chi connectivity index (χ3n) is 5.43. The summed E-state index contributed by atoms with van der Waals surface area (Å²) in [6.07, 6.45) is 3.67. The molecule has 0 radical (unpaired) electrons. The summed E-state index contributed by atoms with van der Waals surface area (Å²) in [4.78, 5) is 46.8. The van der Waals surface area contributed by atoms with Crippen LogP contribution in [-0.2, 0) is 19.1 Å². The minimum absolute atomic E-state index is 0.0589. The van der Waals surface area contributed by atoms with Crippen molar-refractivity contribution in [3.05, 3.63) is 33.9 Å². The van der Waals surface area contributed by atoms with Gasteiger partial charge in [0.1, 0.15) is 5.78 Å². The SMILES string of the molecule is Cc1ccc([N+](=O)[O-])cc1NC(=O)COC(=O)C1C[C@H]2CCC[C@@H](C1)C2=O. The Morgan fingerprint density at radius 3 is 2.56 bits per heavy atom. The third-order valence-corrected chi connectivity index (χ3v) is 5.43. The molecule has 0 aromatic heterocycles. The maximum absolute atomic E-state index is 12.3. The summed E-state index contributed by atoms with van der Waals surface area (Å²) in [6.45, 7) is 1.25. The summed E-state index contributed by atoms with van der Waals surface area (Å²) in [5.74, 6) is -1.20. The molecule has 27 heavy (non-hydrogen) atoms. The van der Waals surface area contributed by atoms with Crippen LogP contribution in [0.25, 0.3) is 0 Å². The number of amides is 1. The van der Waals surface area contributed by atoms with E-state index in [0.717, 1.165) is 19.3 Å². The van der Waals surface area contributed by atoms with Gasteiger partial charge in [-0.15, -0.1) is 0 Å². The number of ether oxygens (including phenoxy) is 1. The van der Waals surface area contributed by atoms with Crippen molar-refractivity contribution >= 4 is 29.0 Å². The van der Waals surface area contributed by atoms with E-state index in [-0.39, 0.29) is 29.2 Å². The fourth-order valence-corrected chi connectivity index (χ4v) is 3.97. The second-order valence-electron chi connectivity index (χ2n) is 7.31. The largest absolute Gasteiger partial charge is 0.455 e. The molecule has 1 N–H and O–H groups in total. The summed E-state index contributed by atoms with van der Waals surface area (Å²) in [6, 6.07) is 4.16. The summed E-state index contributed by atoms with van der Waals surface area (Å²) >= 11 is 0. The number of esters is 1. The first-order chi connectivity index (χ1) is 12.8. The number of nitrogens with zero attached hydrogens (tertiary/aromatic N) is 1. The number of carbonyl (C=O) groups is 3. The van der Waals surface area contributed by atoms with Gasteiger partial charge in [-0.25, -0.2) is 0 Å². The van der Waals surface area contributed by atoms with Crippen molar-refractivity contribution in [2.45, 2.75) is 39.0 Å². The Hall–Kier alpha value is -2.77. The maximum atomic E-state index is 12.3. The molecule has 2 aliphatic carbocycles. The molecule has 2 aliphatic rings. The predicted octanol–water partition coefficient (Wildman–Crippen LogP) is 2.78. The van der Waals surface area contributed by atoms with E-state index < -0.39 is 23.4 Å². The molecule has 2 bridgehead atoms. The van der Waals surface area contributed by atoms with Crippen molar-refractivity contribution in [3.8, 4) is 0 Å². The van der Waals surface area contributed by atoms with Gasteiger partial charge in [0, 0.05) is 24.0 Å². The zero-order valence-electron chi connectivity index (χ0n) is 15.1. The molecule has 1 aromatic rings. The number of benzene rings is 1. The molecule has 3 rings (SSSR count). The van der Waals surface area contributed by atoms with E-state index in [1.54, 1.807) is 6.92 Å². The second kappa shape index (κ2) is 7.85. The number of aryl methyl sites for hydroxylation is 1. The highest BCUT2D eigenvalue weighted by Crippen LogP contribution is 2.40. The van der Waals surface area contributed by atoms with Crippen LogP contribution in [-0.4, -0.2) is 29.2 Å². The Labute approximate surface area is 156 Å². The van der Waals surface area contributed by atoms with Crippen LogP contribution in [0.3, 0.4) is 0 Å². The highest BCUT2D eigenvalue weighted by molar-refractivity contribution is 5.94. The van der Waals surface area contributed by atoms with E-state index in [1.165, 1.54) is 18.2 Å². The molecular weight excluding hydrogens is 352 g/mol. The molecule has 1 amide bonds. The molecule has 0 heterocycles. The number of non-ortho nitro benzene ring substituents is 1. The lowest BCUT2D eigenvalue weighted by Gasteiger charge is -2.36. The van der Waals surface area contributed by atoms with Crippen LogP contribution in [0, 0.1) is 34.8 Å². The van der Waals surface area contributed by atoms with Gasteiger partial charge in [-0.05, 0) is 38.2 Å². The van der Waals surface area contributed by atoms with E-state index >= 15 is 0 Å². The monoisotopic (exact) mass is 374 g/mol. The number of anilines is 1. The lowest BCUT2D eigenvalue weighted by atomic mass is 9.67. The van der Waals surface area contributed by atoms with Crippen LogP contribution in [0.5, 0.6) is 0 Å². The normalized spacial score (nSPS) is 24.2. The van der Waals surface area contributed by atoms with Gasteiger partial charge in [0.15, 0.2) is 6.61 Å². The highest BCUT2D eigenvalue weighted by Gasteiger charge is 2.41. The first-order valence-corrected chi connectivity index (χ1v) is 9.10. The summed E-state index contributed by atoms with van der Waals surface area (Å²) < 4.78 is 5.14. The fourth-order valence-electron chi connectivity index (χ4n) is 3.97. The molecule has 0 spiro atoms. The minimum Gasteiger partial charge on any atom is -0.455 e. The van der Waals surface area contributed by atoms with Crippen LogP contribution in [0.4, 0.5) is 11.4 Å². The van der Waals surface area contributed by atoms with Crippen molar-refractivity contribution in [1.29, 1.82) is 0 Å². The maximum Gasteiger partial charge on any atom is 0.309 e. The summed E-state index contributed by atoms with van der Waals surface area (Å²) in [5.41, 5.74) is 0.841. The average molecular weight is 374 g/mol. The lowest BCUT2D eigenvalue weighted by molar-refractivity contribution is -0.384. The average Bonchev–Trinajstić information content (AvgIpc) is 2.61. The molecule has 3 atom stereocenters. The topological polar surface area (TPSA) is 116 Å². The van der Waals surface area contributed by atoms with Gasteiger partial charge < -0.3 is 10.1 Å². The first kappa shape index (κ1) is 19.0. The van der Waals surface area contributed by atoms with Crippen LogP contribution in [0.2, 0.25) is 0 Å². The van der Waals surface area contributed by atoms with E-state index in [0.29, 0.717) is 24.1 Å². The van der Waals surface area contributed by atoms with E-state index in [4.69, 9.17) is 4.74 Å². The van der Waals surface area contributed by atoms with Gasteiger partial charge in [-0.3, -0.25) is 24.5 Å². The van der Waals surface area contributed by atoms with Gasteiger partial charge >= 0.3 is 5.97 Å². The standard InChI is InChI=1S/C19H22N2O6/c1-11-5-6-15(21(25)26)9-16(11)20-17(22)10-27-19(24)14-7-12-3-2-4-13(8-14)18(12)23/h5-6,9,12-14H,2-4,7-8,10H2,1H3,(H,20,22)/t12-,13+,14?. The number of hydrogen-bond acceptors (Lipinski definition) is 6. The molecule has 2 fully saturated rings. The Morgan fingerprint density at radius 2 is 1.93 bits per heavy atom. The van der Waals surface area contributed by atoms with Crippen molar-refractivity contribution < 1.29 is 24.0 Å². The Bertz CT molecular complexity index is 774. The van der Waals surface area contributed by atoms with E-state index in [1.807, 2.05) is 0 Å². The molecule has 8 heteroatoms. The highest BCUT2D eigenvalue weighted by atomic mass is 16.6. The number of Topliss-reactive ketones (excluding diaryl/α,β-unsaturated/α-hetero) is 1. The van der Waals surface area contributed by atoms with E-state index in [9.17, 15) is 24.5 Å². The zero-order valence-corrected chi connectivity index (χ0v) is 15.1. The number of nitrogens with one attached hydrogen (secondary N) is 1. The van der Waals surface area contributed by atoms with Gasteiger partial charge in [-0.1, -0.05) is 12.5 Å². The van der Waals surface area contributed by atoms with Crippen molar-refractivity contribution in [2.75, 3.05) is 11.9 Å². The molecule has 1 unspecified atom stereocenters. The van der Waals surface area contributed by atoms with Crippen molar-refractivity contribution in [3.63, 3.8) is 0 Å². The van der Waals surface area contributed by atoms with Crippen molar-refractivity contribution in [2.24, 2.45) is 17.8 Å². The number of fused-ring (bicyclic) bond motifs is 2. The number of nitro groups is 1. The number of nitro benzene ring substituents is 1. The summed E-state index contributed by atoms with van der Waals surface area (Å²) in [7, 11) is 0. The molecule has 8 nitrogen and oxygen atoms in total. The lowest BCUT2D eigenvalue weighted by Crippen LogP contribution is -2.40. The van der Waals surface area contributed by atoms with Gasteiger partial charge in [-0.2, -0.15) is 0 Å². The summed E-state index contributed by atoms with van der Waals surface area (Å²) in [5, 5.41) is 13.4. The molecule has 0 saturated heterocycles. The molecular formula is C19H22N2O6. The van der Waals surface area contributed by atoms with Gasteiger partial charge in [0.25, 0.3) is 11.6 Å². The Balaban J connectivity index is 1.53. The fraction of sp³-hybridized carbons (Fsp3) is 0.526. The predicted molar refractivity (Wildman–Crippen MR) is 96.0 cm³/mol.